The zero-order valence-electron chi connectivity index (χ0n) is 26.7. The Morgan fingerprint density at radius 1 is 1.07 bits per heavy atom. The van der Waals surface area contributed by atoms with Gasteiger partial charge in [-0.2, -0.15) is 4.98 Å². The Hall–Kier alpha value is -4.83. The maximum Gasteiger partial charge on any atom is 0.329 e. The summed E-state index contributed by atoms with van der Waals surface area (Å²) in [7, 11) is 3.45. The van der Waals surface area contributed by atoms with Crippen molar-refractivity contribution in [3.8, 4) is 5.75 Å². The lowest BCUT2D eigenvalue weighted by atomic mass is 10.0. The van der Waals surface area contributed by atoms with E-state index in [0.29, 0.717) is 28.5 Å². The van der Waals surface area contributed by atoms with Crippen LogP contribution < -0.4 is 24.6 Å². The average Bonchev–Trinajstić information content (AvgIpc) is 3.03. The largest absolute Gasteiger partial charge is 0.494 e. The summed E-state index contributed by atoms with van der Waals surface area (Å²) >= 11 is 0. The van der Waals surface area contributed by atoms with E-state index in [4.69, 9.17) is 4.74 Å². The number of anilines is 6. The van der Waals surface area contributed by atoms with Gasteiger partial charge in [-0.3, -0.25) is 24.4 Å². The van der Waals surface area contributed by atoms with Crippen LogP contribution in [0, 0.1) is 10.1 Å². The molecule has 15 nitrogen and oxygen atoms in total. The average molecular weight is 651 g/mol. The molecule has 46 heavy (non-hydrogen) atoms. The molecular formula is C30H38N10O5S. The molecule has 0 bridgehead atoms. The summed E-state index contributed by atoms with van der Waals surface area (Å²) in [5, 5.41) is 18.1. The summed E-state index contributed by atoms with van der Waals surface area (Å²) in [6.45, 7) is 3.96. The van der Waals surface area contributed by atoms with Gasteiger partial charge in [0.1, 0.15) is 23.2 Å². The van der Waals surface area contributed by atoms with E-state index >= 15 is 0 Å². The van der Waals surface area contributed by atoms with Gasteiger partial charge in [-0.25, -0.2) is 13.4 Å². The molecule has 0 unspecified atom stereocenters. The number of aromatic nitrogens is 4. The number of hydrogen-bond donors (Lipinski definition) is 2. The third kappa shape index (κ3) is 6.72. The molecule has 1 aliphatic heterocycles. The lowest BCUT2D eigenvalue weighted by Gasteiger charge is -2.37. The lowest BCUT2D eigenvalue weighted by molar-refractivity contribution is -0.384. The zero-order valence-corrected chi connectivity index (χ0v) is 27.5. The number of piperidine rings is 1. The second kappa shape index (κ2) is 13.3. The molecule has 1 saturated heterocycles. The molecule has 0 radical (unpaired) electrons. The second-order valence-corrected chi connectivity index (χ2v) is 13.3. The first kappa shape index (κ1) is 32.6. The molecule has 0 atom stereocenters. The Balaban J connectivity index is 1.51. The van der Waals surface area contributed by atoms with Gasteiger partial charge < -0.3 is 25.2 Å². The van der Waals surface area contributed by atoms with E-state index < -0.39 is 20.6 Å². The molecule has 0 spiro atoms. The molecule has 4 aromatic rings. The minimum atomic E-state index is -3.74. The van der Waals surface area contributed by atoms with Gasteiger partial charge in [0.25, 0.3) is 0 Å². The molecule has 2 N–H and O–H groups in total. The summed E-state index contributed by atoms with van der Waals surface area (Å²) in [6.07, 6.45) is 7.98. The Labute approximate surface area is 267 Å². The Morgan fingerprint density at radius 2 is 1.78 bits per heavy atom. The van der Waals surface area contributed by atoms with Crippen LogP contribution in [0.25, 0.3) is 11.0 Å². The Kier molecular flexibility index (Phi) is 9.39. The predicted molar refractivity (Wildman–Crippen MR) is 179 cm³/mol. The topological polar surface area (TPSA) is 172 Å². The van der Waals surface area contributed by atoms with E-state index in [1.54, 1.807) is 19.2 Å². The van der Waals surface area contributed by atoms with Gasteiger partial charge in [-0.05, 0) is 57.1 Å². The molecule has 0 amide bonds. The van der Waals surface area contributed by atoms with Crippen LogP contribution in [0.1, 0.15) is 25.3 Å². The molecule has 2 aromatic heterocycles. The number of methoxy groups -OCH3 is 1. The summed E-state index contributed by atoms with van der Waals surface area (Å²) in [5.74, 6) is 0.499. The van der Waals surface area contributed by atoms with Gasteiger partial charge in [0.15, 0.2) is 0 Å². The fraction of sp³-hybridized carbons (Fsp3) is 0.400. The van der Waals surface area contributed by atoms with Gasteiger partial charge in [0, 0.05) is 50.3 Å². The van der Waals surface area contributed by atoms with Crippen molar-refractivity contribution in [2.75, 3.05) is 67.4 Å². The molecule has 1 aliphatic rings. The number of nitro groups is 1. The number of sulfonamides is 1. The number of nitrogens with zero attached hydrogens (tertiary/aromatic N) is 8. The van der Waals surface area contributed by atoms with Gasteiger partial charge in [-0.15, -0.1) is 0 Å². The van der Waals surface area contributed by atoms with Crippen molar-refractivity contribution < 1.29 is 18.1 Å². The molecule has 2 aromatic carbocycles. The van der Waals surface area contributed by atoms with Crippen molar-refractivity contribution in [3.05, 3.63) is 58.5 Å². The van der Waals surface area contributed by atoms with E-state index in [1.807, 2.05) is 12.1 Å². The molecule has 3 heterocycles. The predicted octanol–water partition coefficient (Wildman–Crippen LogP) is 4.31. The number of benzene rings is 2. The summed E-state index contributed by atoms with van der Waals surface area (Å²) in [5.41, 5.74) is 3.53. The van der Waals surface area contributed by atoms with E-state index in [1.165, 1.54) is 19.4 Å². The van der Waals surface area contributed by atoms with Crippen LogP contribution in [0.4, 0.5) is 40.2 Å². The van der Waals surface area contributed by atoms with E-state index in [0.717, 1.165) is 60.4 Å². The van der Waals surface area contributed by atoms with Crippen LogP contribution in [0.5, 0.6) is 5.75 Å². The SMILES string of the molecule is CCc1cc(Nc2ncc([N+](=O)[O-])c(Nc3ccc4nccnc4c3N(C)S(C)(=O)=O)n2)c(OC)cc1N1CCC(N(C)C)CC1. The highest BCUT2D eigenvalue weighted by Gasteiger charge is 2.26. The van der Waals surface area contributed by atoms with Crippen molar-refractivity contribution in [2.24, 2.45) is 0 Å². The first-order chi connectivity index (χ1) is 21.9. The fourth-order valence-corrected chi connectivity index (χ4v) is 6.11. The third-order valence-corrected chi connectivity index (χ3v) is 9.39. The summed E-state index contributed by atoms with van der Waals surface area (Å²) in [6, 6.07) is 7.76. The van der Waals surface area contributed by atoms with E-state index in [2.05, 4.69) is 61.4 Å². The highest BCUT2D eigenvalue weighted by Crippen LogP contribution is 2.39. The number of ether oxygens (including phenoxy) is 1. The lowest BCUT2D eigenvalue weighted by Crippen LogP contribution is -2.42. The van der Waals surface area contributed by atoms with Gasteiger partial charge in [0.05, 0.1) is 35.2 Å². The van der Waals surface area contributed by atoms with Crippen molar-refractivity contribution in [1.29, 1.82) is 0 Å². The van der Waals surface area contributed by atoms with E-state index in [9.17, 15) is 18.5 Å². The standard InChI is InChI=1S/C30H38N10O5S/c1-7-19-16-23(26(45-5)17-24(19)39-14-10-20(11-15-39)37(2)3)35-30-33-18-25(40(41)42)29(36-30)34-22-9-8-21-27(32-13-12-31-21)28(22)38(4)46(6,43)44/h8-9,12-13,16-18,20H,7,10-11,14-15H2,1-6H3,(H2,33,34,35,36). The molecule has 0 saturated carbocycles. The molecule has 5 rings (SSSR count). The third-order valence-electron chi connectivity index (χ3n) is 8.21. The van der Waals surface area contributed by atoms with Crippen LogP contribution in [-0.2, 0) is 16.4 Å². The molecular weight excluding hydrogens is 612 g/mol. The van der Waals surface area contributed by atoms with Crippen molar-refractivity contribution in [1.82, 2.24) is 24.8 Å². The highest BCUT2D eigenvalue weighted by atomic mass is 32.2. The monoisotopic (exact) mass is 650 g/mol. The maximum atomic E-state index is 12.6. The maximum absolute atomic E-state index is 12.6. The quantitative estimate of drug-likeness (QED) is 0.174. The smallest absolute Gasteiger partial charge is 0.329 e. The minimum absolute atomic E-state index is 0.0756. The zero-order chi connectivity index (χ0) is 33.2. The molecule has 244 valence electrons. The van der Waals surface area contributed by atoms with Crippen LogP contribution >= 0.6 is 0 Å². The minimum Gasteiger partial charge on any atom is -0.494 e. The normalized spacial score (nSPS) is 14.0. The van der Waals surface area contributed by atoms with Gasteiger partial charge in [-0.1, -0.05) is 6.92 Å². The highest BCUT2D eigenvalue weighted by molar-refractivity contribution is 7.92. The Morgan fingerprint density at radius 3 is 2.41 bits per heavy atom. The molecule has 0 aliphatic carbocycles. The van der Waals surface area contributed by atoms with Crippen LogP contribution in [0.15, 0.2) is 42.9 Å². The number of fused-ring (bicyclic) bond motifs is 1. The van der Waals surface area contributed by atoms with Gasteiger partial charge >= 0.3 is 5.69 Å². The molecule has 16 heteroatoms. The van der Waals surface area contributed by atoms with Gasteiger partial charge in [0.2, 0.25) is 21.8 Å². The van der Waals surface area contributed by atoms with Crippen molar-refractivity contribution >= 4 is 61.3 Å². The first-order valence-electron chi connectivity index (χ1n) is 14.8. The Bertz CT molecular complexity index is 1860. The first-order valence-corrected chi connectivity index (χ1v) is 16.6. The summed E-state index contributed by atoms with van der Waals surface area (Å²) < 4.78 is 32.0. The van der Waals surface area contributed by atoms with E-state index in [-0.39, 0.29) is 23.1 Å². The van der Waals surface area contributed by atoms with Crippen molar-refractivity contribution in [3.63, 3.8) is 0 Å². The number of nitrogens with one attached hydrogen (secondary N) is 2. The number of hydrogen-bond acceptors (Lipinski definition) is 13. The number of aryl methyl sites for hydroxylation is 1. The number of rotatable bonds is 11. The molecule has 1 fully saturated rings. The van der Waals surface area contributed by atoms with Crippen molar-refractivity contribution in [2.45, 2.75) is 32.2 Å². The van der Waals surface area contributed by atoms with Crippen LogP contribution in [0.3, 0.4) is 0 Å². The fourth-order valence-electron chi connectivity index (χ4n) is 5.60. The van der Waals surface area contributed by atoms with Crippen LogP contribution in [0.2, 0.25) is 0 Å². The summed E-state index contributed by atoms with van der Waals surface area (Å²) in [4.78, 5) is 33.3. The van der Waals surface area contributed by atoms with Crippen LogP contribution in [-0.4, -0.2) is 91.8 Å². The second-order valence-electron chi connectivity index (χ2n) is 11.3.